The molecule has 296 valence electrons. The molecule has 4 aromatic heterocycles. The highest BCUT2D eigenvalue weighted by molar-refractivity contribution is 7.25. The van der Waals surface area contributed by atoms with Crippen LogP contribution in [0.4, 0.5) is 0 Å². The highest BCUT2D eigenvalue weighted by atomic mass is 32.1. The molecule has 12 aromatic rings. The highest BCUT2D eigenvalue weighted by Gasteiger charge is 2.22. The fourth-order valence-corrected chi connectivity index (χ4v) is 10.2. The van der Waals surface area contributed by atoms with Gasteiger partial charge < -0.3 is 0 Å². The Hall–Kier alpha value is -8.06. The van der Waals surface area contributed by atoms with E-state index < -0.39 is 0 Å². The van der Waals surface area contributed by atoms with Crippen molar-refractivity contribution in [2.24, 2.45) is 0 Å². The van der Waals surface area contributed by atoms with Crippen molar-refractivity contribution in [3.05, 3.63) is 224 Å². The van der Waals surface area contributed by atoms with E-state index in [1.165, 1.54) is 30.9 Å². The minimum Gasteiger partial charge on any atom is -0.293 e. The molecule has 0 saturated carbocycles. The second-order valence-corrected chi connectivity index (χ2v) is 16.9. The van der Waals surface area contributed by atoms with Crippen LogP contribution in [0.5, 0.6) is 0 Å². The second-order valence-electron chi connectivity index (χ2n) is 15.8. The minimum atomic E-state index is 0.408. The van der Waals surface area contributed by atoms with Crippen molar-refractivity contribution in [3.8, 4) is 62.0 Å². The molecule has 0 atom stereocenters. The summed E-state index contributed by atoms with van der Waals surface area (Å²) in [6.45, 7) is 0. The lowest BCUT2D eigenvalue weighted by Gasteiger charge is -2.19. The lowest BCUT2D eigenvalue weighted by atomic mass is 9.87. The monoisotopic (exact) mass is 823 g/mol. The molecule has 0 aliphatic heterocycles. The smallest absolute Gasteiger partial charge is 0.163 e. The first-order valence-corrected chi connectivity index (χ1v) is 22.0. The molecule has 12 rings (SSSR count). The highest BCUT2D eigenvalue weighted by Crippen LogP contribution is 2.43. The number of para-hydroxylation sites is 1. The molecule has 4 heterocycles. The number of pyridine rings is 1. The second kappa shape index (κ2) is 15.4. The number of aromatic nitrogens is 5. The van der Waals surface area contributed by atoms with Crippen LogP contribution in [0.2, 0.25) is 0 Å². The number of fused-ring (bicyclic) bond motifs is 6. The molecule has 8 aromatic carbocycles. The van der Waals surface area contributed by atoms with E-state index in [1.807, 2.05) is 47.7 Å². The fraction of sp³-hybridized carbons (Fsp3) is 0.0175. The topological polar surface area (TPSA) is 56.5 Å². The Kier molecular flexibility index (Phi) is 9.01. The van der Waals surface area contributed by atoms with Gasteiger partial charge in [-0.2, -0.15) is 0 Å². The Bertz CT molecular complexity index is 3520. The fourth-order valence-electron chi connectivity index (χ4n) is 9.07. The Morgan fingerprint density at radius 1 is 0.397 bits per heavy atom. The van der Waals surface area contributed by atoms with E-state index in [0.29, 0.717) is 23.9 Å². The van der Waals surface area contributed by atoms with Crippen LogP contribution in [-0.4, -0.2) is 24.5 Å². The van der Waals surface area contributed by atoms with Crippen molar-refractivity contribution in [2.75, 3.05) is 0 Å². The molecule has 0 spiro atoms. The van der Waals surface area contributed by atoms with Gasteiger partial charge in [-0.25, -0.2) is 19.9 Å². The zero-order valence-corrected chi connectivity index (χ0v) is 34.9. The molecule has 0 aliphatic rings. The van der Waals surface area contributed by atoms with Crippen molar-refractivity contribution in [1.29, 1.82) is 0 Å². The number of hydrogen-bond donors (Lipinski definition) is 0. The Balaban J connectivity index is 1.14. The van der Waals surface area contributed by atoms with Gasteiger partial charge in [0.25, 0.3) is 0 Å². The molecule has 0 aliphatic carbocycles. The molecular formula is C57H37N5S. The molecule has 63 heavy (non-hydrogen) atoms. The summed E-state index contributed by atoms with van der Waals surface area (Å²) >= 11 is 1.83. The maximum atomic E-state index is 5.54. The van der Waals surface area contributed by atoms with Crippen molar-refractivity contribution >= 4 is 53.3 Å². The zero-order valence-electron chi connectivity index (χ0n) is 34.1. The molecule has 5 nitrogen and oxygen atoms in total. The average molecular weight is 824 g/mol. The van der Waals surface area contributed by atoms with Crippen molar-refractivity contribution in [1.82, 2.24) is 24.5 Å². The lowest BCUT2D eigenvalue weighted by Crippen LogP contribution is -2.08. The summed E-state index contributed by atoms with van der Waals surface area (Å²) in [4.78, 5) is 21.0. The van der Waals surface area contributed by atoms with E-state index in [1.54, 1.807) is 0 Å². The van der Waals surface area contributed by atoms with Crippen LogP contribution in [0, 0.1) is 0 Å². The van der Waals surface area contributed by atoms with E-state index in [0.717, 1.165) is 66.9 Å². The number of nitrogens with zero attached hydrogens (tertiary/aromatic N) is 5. The molecule has 0 amide bonds. The Morgan fingerprint density at radius 2 is 0.952 bits per heavy atom. The first-order valence-electron chi connectivity index (χ1n) is 21.2. The zero-order chi connectivity index (χ0) is 41.7. The summed E-state index contributed by atoms with van der Waals surface area (Å²) in [5.74, 6) is 2.77. The number of hydrogen-bond acceptors (Lipinski definition) is 5. The largest absolute Gasteiger partial charge is 0.293 e. The molecule has 6 heteroatoms. The lowest BCUT2D eigenvalue weighted by molar-refractivity contribution is 0.914. The van der Waals surface area contributed by atoms with Crippen LogP contribution >= 0.6 is 11.3 Å². The van der Waals surface area contributed by atoms with Crippen LogP contribution in [0.25, 0.3) is 104 Å². The first-order chi connectivity index (χ1) is 31.2. The molecule has 0 radical (unpaired) electrons. The van der Waals surface area contributed by atoms with Gasteiger partial charge in [0, 0.05) is 65.8 Å². The Labute approximate surface area is 368 Å². The van der Waals surface area contributed by atoms with Gasteiger partial charge in [0.05, 0.1) is 11.0 Å². The molecular weight excluding hydrogens is 787 g/mol. The third kappa shape index (κ3) is 6.56. The van der Waals surface area contributed by atoms with Gasteiger partial charge in [-0.3, -0.25) is 4.57 Å². The average Bonchev–Trinajstić information content (AvgIpc) is 3.88. The molecule has 0 bridgehead atoms. The summed E-state index contributed by atoms with van der Waals surface area (Å²) in [6, 6.07) is 72.7. The van der Waals surface area contributed by atoms with Gasteiger partial charge in [0.1, 0.15) is 11.6 Å². The van der Waals surface area contributed by atoms with E-state index in [2.05, 4.69) is 181 Å². The third-order valence-electron chi connectivity index (χ3n) is 11.9. The van der Waals surface area contributed by atoms with Gasteiger partial charge in [-0.05, 0) is 58.1 Å². The van der Waals surface area contributed by atoms with E-state index in [-0.39, 0.29) is 0 Å². The van der Waals surface area contributed by atoms with E-state index in [4.69, 9.17) is 19.9 Å². The summed E-state index contributed by atoms with van der Waals surface area (Å²) < 4.78 is 4.88. The molecule has 0 N–H and O–H groups in total. The molecule has 0 unspecified atom stereocenters. The normalized spacial score (nSPS) is 11.6. The van der Waals surface area contributed by atoms with Gasteiger partial charge in [-0.1, -0.05) is 176 Å². The van der Waals surface area contributed by atoms with Crippen LogP contribution in [-0.2, 0) is 6.42 Å². The third-order valence-corrected chi connectivity index (χ3v) is 13.1. The van der Waals surface area contributed by atoms with Gasteiger partial charge >= 0.3 is 0 Å². The molecule has 0 fully saturated rings. The first kappa shape index (κ1) is 36.8. The molecule has 0 saturated heterocycles. The van der Waals surface area contributed by atoms with E-state index in [9.17, 15) is 0 Å². The summed E-state index contributed by atoms with van der Waals surface area (Å²) in [6.07, 6.45) is 2.47. The van der Waals surface area contributed by atoms with Crippen LogP contribution in [0.3, 0.4) is 0 Å². The predicted molar refractivity (Wildman–Crippen MR) is 261 cm³/mol. The summed E-state index contributed by atoms with van der Waals surface area (Å²) in [7, 11) is 0. The Morgan fingerprint density at radius 3 is 1.59 bits per heavy atom. The van der Waals surface area contributed by atoms with Crippen molar-refractivity contribution < 1.29 is 0 Å². The standard InChI is InChI=1S/C57H37N5S/c1-5-18-37(19-6-1)43-28-17-29-44(38-20-7-2-8-21-38)54(43)42-32-41(33-53-59-55(39-22-9-3-10-23-39)61-56(60-53)40-24-11-4-12-25-40)57(58-36-42)62-49-30-15-13-26-45(49)47-34-48-46-27-14-16-31-51(46)63-52(48)35-50(47)62/h1-32,34-36H,33H2. The summed E-state index contributed by atoms with van der Waals surface area (Å²) in [5, 5.41) is 4.92. The predicted octanol–water partition coefficient (Wildman–Crippen LogP) is 14.7. The quantitative estimate of drug-likeness (QED) is 0.153. The minimum absolute atomic E-state index is 0.408. The maximum Gasteiger partial charge on any atom is 0.163 e. The number of thiophene rings is 1. The van der Waals surface area contributed by atoms with Gasteiger partial charge in [-0.15, -0.1) is 11.3 Å². The van der Waals surface area contributed by atoms with Crippen LogP contribution in [0.15, 0.2) is 212 Å². The van der Waals surface area contributed by atoms with Crippen molar-refractivity contribution in [2.45, 2.75) is 6.42 Å². The van der Waals surface area contributed by atoms with Crippen LogP contribution in [0.1, 0.15) is 11.4 Å². The van der Waals surface area contributed by atoms with E-state index >= 15 is 0 Å². The number of benzene rings is 8. The van der Waals surface area contributed by atoms with Gasteiger partial charge in [0.15, 0.2) is 11.6 Å². The SMILES string of the molecule is c1ccc(-c2nc(Cc3cc(-c4c(-c5ccccc5)cccc4-c4ccccc4)cnc3-n3c4ccccc4c4cc5c(cc43)sc3ccccc35)nc(-c3ccccc3)n2)cc1. The number of rotatable bonds is 8. The van der Waals surface area contributed by atoms with Gasteiger partial charge in [0.2, 0.25) is 0 Å². The maximum absolute atomic E-state index is 5.54. The summed E-state index contributed by atoms with van der Waals surface area (Å²) in [5.41, 5.74) is 11.8. The van der Waals surface area contributed by atoms with Crippen molar-refractivity contribution in [3.63, 3.8) is 0 Å². The van der Waals surface area contributed by atoms with Crippen LogP contribution < -0.4 is 0 Å².